The zero-order valence-corrected chi connectivity index (χ0v) is 14.0. The molecule has 7 heteroatoms. The second-order valence-corrected chi connectivity index (χ2v) is 3.92. The summed E-state index contributed by atoms with van der Waals surface area (Å²) in [6, 6.07) is 8.98. The van der Waals surface area contributed by atoms with Crippen molar-refractivity contribution in [2.75, 3.05) is 6.61 Å². The van der Waals surface area contributed by atoms with Gasteiger partial charge in [-0.05, 0) is 19.1 Å². The molecule has 7 nitrogen and oxygen atoms in total. The Bertz CT molecular complexity index is 483. The molecule has 0 radical (unpaired) electrons. The van der Waals surface area contributed by atoms with Crippen molar-refractivity contribution in [3.8, 4) is 5.75 Å². The first kappa shape index (κ1) is 26.2. The van der Waals surface area contributed by atoms with Gasteiger partial charge in [-0.3, -0.25) is 19.2 Å². The lowest BCUT2D eigenvalue weighted by atomic mass is 10.3. The third-order valence-corrected chi connectivity index (χ3v) is 1.64. The minimum Gasteiger partial charge on any atom is -0.466 e. The van der Waals surface area contributed by atoms with E-state index in [2.05, 4.69) is 9.47 Å². The summed E-state index contributed by atoms with van der Waals surface area (Å²) < 4.78 is 13.2. The summed E-state index contributed by atoms with van der Waals surface area (Å²) in [5.41, 5.74) is 0. The van der Waals surface area contributed by atoms with E-state index in [0.29, 0.717) is 12.4 Å². The van der Waals surface area contributed by atoms with Crippen molar-refractivity contribution in [2.45, 2.75) is 42.0 Å². The van der Waals surface area contributed by atoms with Crippen molar-refractivity contribution in [2.24, 2.45) is 0 Å². The number of para-hydroxylation sites is 1. The fourth-order valence-corrected chi connectivity index (χ4v) is 1.06. The van der Waals surface area contributed by atoms with Crippen LogP contribution in [0.1, 0.15) is 42.0 Å². The molecule has 136 valence electrons. The van der Waals surface area contributed by atoms with Gasteiger partial charge in [-0.15, -0.1) is 0 Å². The van der Waals surface area contributed by atoms with Crippen LogP contribution in [0.4, 0.5) is 0 Å². The van der Waals surface area contributed by atoms with E-state index < -0.39 is 11.9 Å². The van der Waals surface area contributed by atoms with E-state index in [4.69, 9.17) is 4.74 Å². The van der Waals surface area contributed by atoms with Gasteiger partial charge in [0.2, 0.25) is 0 Å². The predicted octanol–water partition coefficient (Wildman–Crippen LogP) is 2.91. The molecule has 0 aliphatic carbocycles. The summed E-state index contributed by atoms with van der Waals surface area (Å²) in [6.07, 6.45) is 0. The number of esters is 4. The summed E-state index contributed by atoms with van der Waals surface area (Å²) in [5, 5.41) is 0. The molecule has 1 aromatic carbocycles. The lowest BCUT2D eigenvalue weighted by Gasteiger charge is -1.97. The Morgan fingerprint density at radius 1 is 0.792 bits per heavy atom. The van der Waals surface area contributed by atoms with E-state index in [9.17, 15) is 19.2 Å². The Labute approximate surface area is 142 Å². The van der Waals surface area contributed by atoms with Crippen LogP contribution in [0.3, 0.4) is 0 Å². The summed E-state index contributed by atoms with van der Waals surface area (Å²) in [5.74, 6) is -1.03. The molecule has 0 aliphatic heterocycles. The van der Waals surface area contributed by atoms with Crippen molar-refractivity contribution in [3.63, 3.8) is 0 Å². The van der Waals surface area contributed by atoms with E-state index in [0.717, 1.165) is 0 Å². The average Bonchev–Trinajstić information content (AvgIpc) is 2.38. The lowest BCUT2D eigenvalue weighted by molar-refractivity contribution is -0.156. The van der Waals surface area contributed by atoms with Gasteiger partial charge in [0.25, 0.3) is 0 Å². The molecule has 0 fully saturated rings. The quantitative estimate of drug-likeness (QED) is 0.463. The molecule has 24 heavy (non-hydrogen) atoms. The number of carbonyl (C=O) groups is 4. The molecule has 0 saturated heterocycles. The van der Waals surface area contributed by atoms with Crippen LogP contribution in [0.25, 0.3) is 0 Å². The molecule has 0 N–H and O–H groups in total. The maximum atomic E-state index is 10.4. The Morgan fingerprint density at radius 2 is 1.25 bits per heavy atom. The van der Waals surface area contributed by atoms with E-state index in [1.165, 1.54) is 27.7 Å². The number of benzene rings is 1. The highest BCUT2D eigenvalue weighted by molar-refractivity contribution is 5.82. The maximum absolute atomic E-state index is 10.4. The molecule has 0 spiro atoms. The third kappa shape index (κ3) is 24.3. The Kier molecular flexibility index (Phi) is 18.2. The van der Waals surface area contributed by atoms with E-state index in [1.807, 2.05) is 18.2 Å². The molecule has 0 amide bonds. The van der Waals surface area contributed by atoms with Gasteiger partial charge in [0.1, 0.15) is 5.75 Å². The van der Waals surface area contributed by atoms with Crippen LogP contribution in [0.15, 0.2) is 30.3 Å². The van der Waals surface area contributed by atoms with E-state index in [-0.39, 0.29) is 19.4 Å². The van der Waals surface area contributed by atoms with Gasteiger partial charge in [0.15, 0.2) is 0 Å². The SMILES string of the molecule is C.CC(=O)OC(C)=O.CC(=O)Oc1ccccc1.CCOC(C)=O. The second-order valence-electron chi connectivity index (χ2n) is 3.92. The van der Waals surface area contributed by atoms with Gasteiger partial charge in [0, 0.05) is 27.7 Å². The van der Waals surface area contributed by atoms with Gasteiger partial charge >= 0.3 is 23.9 Å². The van der Waals surface area contributed by atoms with Crippen molar-refractivity contribution >= 4 is 23.9 Å². The van der Waals surface area contributed by atoms with Crippen LogP contribution in [0.2, 0.25) is 0 Å². The van der Waals surface area contributed by atoms with Crippen LogP contribution < -0.4 is 4.74 Å². The van der Waals surface area contributed by atoms with Crippen LogP contribution in [-0.4, -0.2) is 30.5 Å². The van der Waals surface area contributed by atoms with Gasteiger partial charge in [0.05, 0.1) is 6.61 Å². The number of ether oxygens (including phenoxy) is 3. The van der Waals surface area contributed by atoms with Gasteiger partial charge in [-0.25, -0.2) is 0 Å². The monoisotopic (exact) mass is 342 g/mol. The van der Waals surface area contributed by atoms with Gasteiger partial charge < -0.3 is 14.2 Å². The summed E-state index contributed by atoms with van der Waals surface area (Å²) in [4.78, 5) is 39.8. The molecule has 1 aromatic rings. The molecule has 0 aromatic heterocycles. The molecule has 0 saturated carbocycles. The molecule has 0 atom stereocenters. The van der Waals surface area contributed by atoms with Crippen LogP contribution in [0.5, 0.6) is 5.75 Å². The highest BCUT2D eigenvalue weighted by Gasteiger charge is 1.94. The Balaban J connectivity index is -0.000000282. The average molecular weight is 342 g/mol. The van der Waals surface area contributed by atoms with Gasteiger partial charge in [-0.1, -0.05) is 25.6 Å². The number of hydrogen-bond acceptors (Lipinski definition) is 7. The van der Waals surface area contributed by atoms with Crippen LogP contribution >= 0.6 is 0 Å². The predicted molar refractivity (Wildman–Crippen MR) is 89.2 cm³/mol. The topological polar surface area (TPSA) is 96.0 Å². The number of rotatable bonds is 2. The highest BCUT2D eigenvalue weighted by atomic mass is 16.6. The van der Waals surface area contributed by atoms with Crippen LogP contribution in [0, 0.1) is 0 Å². The van der Waals surface area contributed by atoms with Crippen molar-refractivity contribution in [3.05, 3.63) is 30.3 Å². The first-order valence-corrected chi connectivity index (χ1v) is 6.74. The minimum absolute atomic E-state index is 0. The van der Waals surface area contributed by atoms with Crippen molar-refractivity contribution in [1.82, 2.24) is 0 Å². The minimum atomic E-state index is -0.562. The largest absolute Gasteiger partial charge is 0.466 e. The van der Waals surface area contributed by atoms with E-state index in [1.54, 1.807) is 19.1 Å². The molecule has 0 aliphatic rings. The zero-order valence-electron chi connectivity index (χ0n) is 14.0. The smallest absolute Gasteiger partial charge is 0.310 e. The Morgan fingerprint density at radius 3 is 1.46 bits per heavy atom. The van der Waals surface area contributed by atoms with Gasteiger partial charge in [-0.2, -0.15) is 0 Å². The molecular formula is C17H26O7. The number of hydrogen-bond donors (Lipinski definition) is 0. The van der Waals surface area contributed by atoms with Crippen LogP contribution in [-0.2, 0) is 28.7 Å². The third-order valence-electron chi connectivity index (χ3n) is 1.64. The van der Waals surface area contributed by atoms with Crippen molar-refractivity contribution in [1.29, 1.82) is 0 Å². The zero-order chi connectivity index (χ0) is 18.3. The first-order valence-electron chi connectivity index (χ1n) is 6.74. The number of carbonyl (C=O) groups excluding carboxylic acids is 4. The summed E-state index contributed by atoms with van der Waals surface area (Å²) in [6.45, 7) is 7.40. The molecule has 0 heterocycles. The fourth-order valence-electron chi connectivity index (χ4n) is 1.06. The molecule has 0 unspecified atom stereocenters. The summed E-state index contributed by atoms with van der Waals surface area (Å²) in [7, 11) is 0. The highest BCUT2D eigenvalue weighted by Crippen LogP contribution is 2.07. The molecule has 1 rings (SSSR count). The molecular weight excluding hydrogens is 316 g/mol. The first-order chi connectivity index (χ1) is 10.7. The van der Waals surface area contributed by atoms with E-state index >= 15 is 0 Å². The maximum Gasteiger partial charge on any atom is 0.310 e. The second kappa shape index (κ2) is 16.7. The fraction of sp³-hybridized carbons (Fsp3) is 0.412. The molecule has 0 bridgehead atoms. The summed E-state index contributed by atoms with van der Waals surface area (Å²) >= 11 is 0. The standard InChI is InChI=1S/C8H8O2.C4H6O3.C4H8O2.CH4/c1-7(9)10-8-5-3-2-4-6-8;1-3(5)7-4(2)6;1-3-6-4(2)5;/h2-6H,1H3;1-2H3;3H2,1-2H3;1H4. The normalized spacial score (nSPS) is 7.88. The Hall–Kier alpha value is -2.70. The van der Waals surface area contributed by atoms with Crippen molar-refractivity contribution < 1.29 is 33.4 Å². The lowest BCUT2D eigenvalue weighted by Crippen LogP contribution is -2.03.